The number of quaternary nitrogens is 1. The van der Waals surface area contributed by atoms with Crippen molar-refractivity contribution < 1.29 is 33.6 Å². The molecule has 2 nitrogen and oxygen atoms in total. The van der Waals surface area contributed by atoms with Gasteiger partial charge in [0.2, 0.25) is 0 Å². The predicted octanol–water partition coefficient (Wildman–Crippen LogP) is -1.90. The third-order valence-electron chi connectivity index (χ3n) is 2.84. The summed E-state index contributed by atoms with van der Waals surface area (Å²) in [6.45, 7) is 3.26. The van der Waals surface area contributed by atoms with Crippen LogP contribution in [0.5, 0.6) is 0 Å². The number of rotatable bonds is 2. The van der Waals surface area contributed by atoms with Gasteiger partial charge in [0.1, 0.15) is 0 Å². The molecule has 0 amide bonds. The van der Waals surface area contributed by atoms with E-state index in [-0.39, 0.29) is 30.1 Å². The van der Waals surface area contributed by atoms with Crippen LogP contribution in [0.25, 0.3) is 0 Å². The monoisotopic (exact) mass is 299 g/mol. The number of hydrogen-bond acceptors (Lipinski definition) is 1. The van der Waals surface area contributed by atoms with Gasteiger partial charge in [-0.25, -0.2) is 0 Å². The lowest BCUT2D eigenvalue weighted by molar-refractivity contribution is -0.874. The van der Waals surface area contributed by atoms with Crippen LogP contribution >= 0.6 is 0 Å². The second kappa shape index (κ2) is 4.94. The topological polar surface area (TPSA) is 20.2 Å². The fourth-order valence-corrected chi connectivity index (χ4v) is 2.19. The molecule has 0 aromatic carbocycles. The van der Waals surface area contributed by atoms with Crippen LogP contribution < -0.4 is 24.0 Å². The van der Waals surface area contributed by atoms with Crippen molar-refractivity contribution in [1.29, 1.82) is 0 Å². The van der Waals surface area contributed by atoms with Crippen molar-refractivity contribution in [2.45, 2.75) is 25.9 Å². The average molecular weight is 299 g/mol. The fraction of sp³-hybridized carbons (Fsp3) is 1.00. The molecule has 80 valence electrons. The van der Waals surface area contributed by atoms with Gasteiger partial charge in [0.25, 0.3) is 0 Å². The molecule has 13 heavy (non-hydrogen) atoms. The molecule has 0 heterocycles. The van der Waals surface area contributed by atoms with E-state index in [1.165, 1.54) is 12.8 Å². The van der Waals surface area contributed by atoms with Crippen LogP contribution in [0.4, 0.5) is 0 Å². The van der Waals surface area contributed by atoms with Crippen LogP contribution in [0.2, 0.25) is 0 Å². The van der Waals surface area contributed by atoms with E-state index in [2.05, 4.69) is 28.1 Å². The molecule has 0 aliphatic heterocycles. The first-order valence-electron chi connectivity index (χ1n) is 4.88. The van der Waals surface area contributed by atoms with Gasteiger partial charge in [0.15, 0.2) is 0 Å². The largest absolute Gasteiger partial charge is 1.00 e. The van der Waals surface area contributed by atoms with E-state index in [1.54, 1.807) is 0 Å². The van der Waals surface area contributed by atoms with Crippen molar-refractivity contribution in [2.75, 3.05) is 27.7 Å². The zero-order valence-corrected chi connectivity index (χ0v) is 11.3. The van der Waals surface area contributed by atoms with Crippen molar-refractivity contribution in [2.24, 2.45) is 11.8 Å². The summed E-state index contributed by atoms with van der Waals surface area (Å²) in [4.78, 5) is 0. The molecule has 1 aliphatic carbocycles. The van der Waals surface area contributed by atoms with E-state index in [0.717, 1.165) is 11.0 Å². The zero-order chi connectivity index (χ0) is 9.35. The van der Waals surface area contributed by atoms with Gasteiger partial charge in [0.05, 0.1) is 33.8 Å². The Hall–Kier alpha value is 0.650. The highest BCUT2D eigenvalue weighted by molar-refractivity contribution is 4.81. The van der Waals surface area contributed by atoms with E-state index in [9.17, 15) is 5.11 Å². The molecule has 1 N–H and O–H groups in total. The van der Waals surface area contributed by atoms with Gasteiger partial charge in [-0.3, -0.25) is 0 Å². The van der Waals surface area contributed by atoms with Gasteiger partial charge in [-0.1, -0.05) is 6.92 Å². The summed E-state index contributed by atoms with van der Waals surface area (Å²) in [6, 6.07) is 0. The molecule has 0 aromatic heterocycles. The van der Waals surface area contributed by atoms with Gasteiger partial charge in [-0.15, -0.1) is 0 Å². The highest BCUT2D eigenvalue weighted by Crippen LogP contribution is 2.31. The summed E-state index contributed by atoms with van der Waals surface area (Å²) in [7, 11) is 6.57. The molecule has 0 radical (unpaired) electrons. The third kappa shape index (κ3) is 4.13. The second-order valence-electron chi connectivity index (χ2n) is 5.28. The van der Waals surface area contributed by atoms with Gasteiger partial charge < -0.3 is 33.6 Å². The second-order valence-corrected chi connectivity index (χ2v) is 5.28. The Morgan fingerprint density at radius 3 is 2.08 bits per heavy atom. The van der Waals surface area contributed by atoms with Crippen molar-refractivity contribution >= 4 is 0 Å². The molecule has 1 rings (SSSR count). The highest BCUT2D eigenvalue weighted by Gasteiger charge is 2.34. The maximum atomic E-state index is 9.81. The molecule has 0 aromatic rings. The number of aliphatic hydroxyl groups is 1. The Bertz CT molecular complexity index is 155. The summed E-state index contributed by atoms with van der Waals surface area (Å²) in [5.74, 6) is 1.04. The Labute approximate surface area is 98.9 Å². The minimum Gasteiger partial charge on any atom is -1.00 e. The molecule has 3 atom stereocenters. The maximum Gasteiger partial charge on any atom is 0.0834 e. The summed E-state index contributed by atoms with van der Waals surface area (Å²) < 4.78 is 0.967. The minimum absolute atomic E-state index is 0. The van der Waals surface area contributed by atoms with E-state index in [4.69, 9.17) is 0 Å². The SMILES string of the molecule is C[C@@H]1CC[C@H](C[N+](C)(C)C)[C@H]1O.[I-]. The normalized spacial score (nSPS) is 34.4. The Morgan fingerprint density at radius 2 is 1.77 bits per heavy atom. The number of nitrogens with zero attached hydrogens (tertiary/aromatic N) is 1. The molecule has 0 spiro atoms. The standard InChI is InChI=1S/C10H22NO.HI/c1-8-5-6-9(10(8)12)7-11(2,3)4;/h8-10,12H,5-7H2,1-4H3;1H/q+1;/p-1/t8-,9-,10+;/m1./s1. The Kier molecular flexibility index (Phi) is 5.18. The van der Waals surface area contributed by atoms with Crippen molar-refractivity contribution in [3.05, 3.63) is 0 Å². The summed E-state index contributed by atoms with van der Waals surface area (Å²) in [5.41, 5.74) is 0. The summed E-state index contributed by atoms with van der Waals surface area (Å²) in [6.07, 6.45) is 2.35. The van der Waals surface area contributed by atoms with Gasteiger partial charge >= 0.3 is 0 Å². The number of hydrogen-bond donors (Lipinski definition) is 1. The first-order valence-corrected chi connectivity index (χ1v) is 4.88. The van der Waals surface area contributed by atoms with Crippen LogP contribution in [-0.4, -0.2) is 43.4 Å². The molecular formula is C10H22INO. The van der Waals surface area contributed by atoms with Crippen LogP contribution in [0.15, 0.2) is 0 Å². The van der Waals surface area contributed by atoms with E-state index in [1.807, 2.05) is 0 Å². The Balaban J connectivity index is 0.00000144. The zero-order valence-electron chi connectivity index (χ0n) is 9.13. The Morgan fingerprint density at radius 1 is 1.23 bits per heavy atom. The van der Waals surface area contributed by atoms with Crippen molar-refractivity contribution in [3.63, 3.8) is 0 Å². The quantitative estimate of drug-likeness (QED) is 0.467. The highest BCUT2D eigenvalue weighted by atomic mass is 127. The predicted molar refractivity (Wildman–Crippen MR) is 50.8 cm³/mol. The summed E-state index contributed by atoms with van der Waals surface area (Å²) >= 11 is 0. The maximum absolute atomic E-state index is 9.81. The van der Waals surface area contributed by atoms with E-state index < -0.39 is 0 Å². The number of aliphatic hydroxyl groups excluding tert-OH is 1. The average Bonchev–Trinajstić information content (AvgIpc) is 2.16. The molecule has 1 saturated carbocycles. The van der Waals surface area contributed by atoms with Gasteiger partial charge in [-0.2, -0.15) is 0 Å². The van der Waals surface area contributed by atoms with Crippen LogP contribution in [0, 0.1) is 11.8 Å². The van der Waals surface area contributed by atoms with Crippen molar-refractivity contribution in [1.82, 2.24) is 0 Å². The van der Waals surface area contributed by atoms with Gasteiger partial charge in [-0.05, 0) is 18.8 Å². The van der Waals surface area contributed by atoms with E-state index in [0.29, 0.717) is 11.8 Å². The number of halogens is 1. The fourth-order valence-electron chi connectivity index (χ4n) is 2.19. The van der Waals surface area contributed by atoms with E-state index >= 15 is 0 Å². The lowest BCUT2D eigenvalue weighted by Crippen LogP contribution is -3.00. The molecular weight excluding hydrogens is 277 g/mol. The molecule has 1 aliphatic rings. The van der Waals surface area contributed by atoms with Crippen LogP contribution in [0.3, 0.4) is 0 Å². The molecule has 0 bridgehead atoms. The third-order valence-corrected chi connectivity index (χ3v) is 2.84. The van der Waals surface area contributed by atoms with Crippen LogP contribution in [-0.2, 0) is 0 Å². The lowest BCUT2D eigenvalue weighted by atomic mass is 10.0. The summed E-state index contributed by atoms with van der Waals surface area (Å²) in [5, 5.41) is 9.81. The first-order chi connectivity index (χ1) is 5.40. The minimum atomic E-state index is -0.0534. The van der Waals surface area contributed by atoms with Gasteiger partial charge in [0, 0.05) is 5.92 Å². The molecule has 1 fully saturated rings. The molecule has 0 unspecified atom stereocenters. The van der Waals surface area contributed by atoms with Crippen LogP contribution in [0.1, 0.15) is 19.8 Å². The molecule has 3 heteroatoms. The smallest absolute Gasteiger partial charge is 0.0834 e. The first kappa shape index (κ1) is 13.7. The molecule has 0 saturated heterocycles. The van der Waals surface area contributed by atoms with Crippen molar-refractivity contribution in [3.8, 4) is 0 Å². The lowest BCUT2D eigenvalue weighted by Gasteiger charge is -2.29.